The van der Waals surface area contributed by atoms with Crippen LogP contribution in [0.2, 0.25) is 0 Å². The van der Waals surface area contributed by atoms with Crippen LogP contribution in [-0.4, -0.2) is 31.7 Å². The van der Waals surface area contributed by atoms with Crippen molar-refractivity contribution in [1.29, 1.82) is 0 Å². The Morgan fingerprint density at radius 1 is 1.09 bits per heavy atom. The molecule has 0 aliphatic rings. The van der Waals surface area contributed by atoms with E-state index in [1.165, 1.54) is 10.9 Å². The first-order valence-electron chi connectivity index (χ1n) is 10.6. The number of hydrogen-bond acceptors (Lipinski definition) is 5. The summed E-state index contributed by atoms with van der Waals surface area (Å²) in [6, 6.07) is 15.6. The molecule has 0 saturated carbocycles. The second-order valence-corrected chi connectivity index (χ2v) is 7.63. The van der Waals surface area contributed by atoms with Gasteiger partial charge in [-0.1, -0.05) is 30.3 Å². The molecule has 0 spiro atoms. The van der Waals surface area contributed by atoms with Gasteiger partial charge in [0.05, 0.1) is 13.4 Å². The topological polar surface area (TPSA) is 100 Å². The Morgan fingerprint density at radius 3 is 2.42 bits per heavy atom. The molecular weight excluding hydrogens is 422 g/mol. The number of benzene rings is 2. The van der Waals surface area contributed by atoms with Gasteiger partial charge in [0.25, 0.3) is 5.56 Å². The molecule has 0 bridgehead atoms. The normalized spacial score (nSPS) is 12.0. The molecule has 2 aromatic carbocycles. The third kappa shape index (κ3) is 4.17. The van der Waals surface area contributed by atoms with Gasteiger partial charge in [0.2, 0.25) is 5.91 Å². The van der Waals surface area contributed by atoms with Gasteiger partial charge in [0.15, 0.2) is 11.2 Å². The number of nitrogens with one attached hydrogen (secondary N) is 1. The lowest BCUT2D eigenvalue weighted by Crippen LogP contribution is -2.43. The van der Waals surface area contributed by atoms with E-state index < -0.39 is 17.3 Å². The molecule has 0 radical (unpaired) electrons. The summed E-state index contributed by atoms with van der Waals surface area (Å²) in [6.07, 6.45) is 1.52. The van der Waals surface area contributed by atoms with Crippen molar-refractivity contribution >= 4 is 22.8 Å². The van der Waals surface area contributed by atoms with Crippen LogP contribution in [0.25, 0.3) is 11.2 Å². The van der Waals surface area contributed by atoms with E-state index in [9.17, 15) is 14.4 Å². The minimum atomic E-state index is -0.886. The summed E-state index contributed by atoms with van der Waals surface area (Å²) in [7, 11) is 1.60. The molecule has 0 aliphatic carbocycles. The smallest absolute Gasteiger partial charge is 0.333 e. The van der Waals surface area contributed by atoms with Gasteiger partial charge in [-0.3, -0.25) is 18.7 Å². The first-order chi connectivity index (χ1) is 15.9. The average molecular weight is 447 g/mol. The number of anilines is 1. The second kappa shape index (κ2) is 9.15. The zero-order valence-electron chi connectivity index (χ0n) is 18.7. The van der Waals surface area contributed by atoms with Crippen LogP contribution >= 0.6 is 0 Å². The lowest BCUT2D eigenvalue weighted by Gasteiger charge is -2.17. The molecule has 9 nitrogen and oxygen atoms in total. The number of carbonyl (C=O) groups excluding carboxylic acids is 1. The number of nitrogens with zero attached hydrogens (tertiary/aromatic N) is 4. The second-order valence-electron chi connectivity index (χ2n) is 7.63. The Bertz CT molecular complexity index is 1400. The monoisotopic (exact) mass is 447 g/mol. The van der Waals surface area contributed by atoms with Crippen molar-refractivity contribution in [2.75, 3.05) is 12.4 Å². The summed E-state index contributed by atoms with van der Waals surface area (Å²) in [6.45, 7) is 3.89. The van der Waals surface area contributed by atoms with E-state index in [0.29, 0.717) is 12.2 Å². The first-order valence-corrected chi connectivity index (χ1v) is 10.6. The third-order valence-corrected chi connectivity index (χ3v) is 5.57. The number of rotatable bonds is 7. The number of fused-ring (bicyclic) bond motifs is 1. The highest BCUT2D eigenvalue weighted by atomic mass is 16.5. The van der Waals surface area contributed by atoms with E-state index in [2.05, 4.69) is 10.3 Å². The molecule has 1 unspecified atom stereocenters. The van der Waals surface area contributed by atoms with Gasteiger partial charge >= 0.3 is 5.69 Å². The minimum Gasteiger partial charge on any atom is -0.497 e. The Balaban J connectivity index is 1.78. The molecule has 0 fully saturated rings. The number of hydrogen-bond donors (Lipinski definition) is 1. The Labute approximate surface area is 189 Å². The fourth-order valence-corrected chi connectivity index (χ4v) is 3.76. The first kappa shape index (κ1) is 22.1. The van der Waals surface area contributed by atoms with E-state index in [1.54, 1.807) is 37.7 Å². The molecule has 170 valence electrons. The fraction of sp³-hybridized carbons (Fsp3) is 0.250. The molecule has 0 aliphatic heterocycles. The van der Waals surface area contributed by atoms with Crippen molar-refractivity contribution in [3.05, 3.63) is 87.3 Å². The summed E-state index contributed by atoms with van der Waals surface area (Å²) in [4.78, 5) is 43.6. The van der Waals surface area contributed by atoms with Crippen LogP contribution in [0.1, 0.15) is 25.5 Å². The molecule has 1 atom stereocenters. The third-order valence-electron chi connectivity index (χ3n) is 5.57. The summed E-state index contributed by atoms with van der Waals surface area (Å²) in [5.41, 5.74) is 0.999. The zero-order chi connectivity index (χ0) is 23.5. The summed E-state index contributed by atoms with van der Waals surface area (Å²) < 4.78 is 9.30. The van der Waals surface area contributed by atoms with Crippen LogP contribution in [-0.2, 0) is 17.9 Å². The van der Waals surface area contributed by atoms with E-state index in [4.69, 9.17) is 4.74 Å². The Kier molecular flexibility index (Phi) is 6.12. The van der Waals surface area contributed by atoms with Crippen molar-refractivity contribution in [3.63, 3.8) is 0 Å². The maximum absolute atomic E-state index is 13.2. The number of amides is 1. The predicted octanol–water partition coefficient (Wildman–Crippen LogP) is 2.64. The highest BCUT2D eigenvalue weighted by Gasteiger charge is 2.24. The SMILES string of the molecule is CCn1c(=O)c2c(ncn2Cc2ccc(OC)cc2)n(C(C)C(=O)Nc2ccccc2)c1=O. The lowest BCUT2D eigenvalue weighted by atomic mass is 10.2. The van der Waals surface area contributed by atoms with Crippen molar-refractivity contribution in [2.45, 2.75) is 33.0 Å². The van der Waals surface area contributed by atoms with Crippen LogP contribution in [0.3, 0.4) is 0 Å². The molecule has 4 aromatic rings. The average Bonchev–Trinajstić information content (AvgIpc) is 3.23. The predicted molar refractivity (Wildman–Crippen MR) is 126 cm³/mol. The van der Waals surface area contributed by atoms with Gasteiger partial charge in [0.1, 0.15) is 11.8 Å². The Hall–Kier alpha value is -4.14. The maximum atomic E-state index is 13.2. The number of imidazole rings is 1. The standard InChI is InChI=1S/C24H25N5O4/c1-4-28-23(31)20-21(25-15-27(20)14-17-10-12-19(33-3)13-11-17)29(24(28)32)16(2)22(30)26-18-8-6-5-7-9-18/h5-13,15-16H,4,14H2,1-3H3,(H,26,30). The largest absolute Gasteiger partial charge is 0.497 e. The van der Waals surface area contributed by atoms with E-state index in [1.807, 2.05) is 42.5 Å². The minimum absolute atomic E-state index is 0.175. The molecule has 9 heteroatoms. The summed E-state index contributed by atoms with van der Waals surface area (Å²) in [5, 5.41) is 2.81. The van der Waals surface area contributed by atoms with Crippen molar-refractivity contribution in [2.24, 2.45) is 0 Å². The number of carbonyl (C=O) groups is 1. The Morgan fingerprint density at radius 2 is 1.79 bits per heavy atom. The molecule has 4 rings (SSSR count). The van der Waals surface area contributed by atoms with Crippen LogP contribution in [0, 0.1) is 0 Å². The van der Waals surface area contributed by atoms with E-state index >= 15 is 0 Å². The van der Waals surface area contributed by atoms with Crippen LogP contribution in [0.15, 0.2) is 70.5 Å². The van der Waals surface area contributed by atoms with Crippen molar-refractivity contribution in [3.8, 4) is 5.75 Å². The van der Waals surface area contributed by atoms with Gasteiger partial charge in [-0.05, 0) is 43.7 Å². The van der Waals surface area contributed by atoms with Crippen LogP contribution < -0.4 is 21.3 Å². The molecule has 0 saturated heterocycles. The molecule has 33 heavy (non-hydrogen) atoms. The number of aromatic nitrogens is 4. The van der Waals surface area contributed by atoms with Gasteiger partial charge in [-0.25, -0.2) is 9.78 Å². The van der Waals surface area contributed by atoms with E-state index in [-0.39, 0.29) is 23.6 Å². The molecular formula is C24H25N5O4. The zero-order valence-corrected chi connectivity index (χ0v) is 18.7. The highest BCUT2D eigenvalue weighted by molar-refractivity contribution is 5.94. The van der Waals surface area contributed by atoms with Gasteiger partial charge in [-0.15, -0.1) is 0 Å². The molecule has 2 heterocycles. The number of para-hydroxylation sites is 1. The lowest BCUT2D eigenvalue weighted by molar-refractivity contribution is -0.118. The molecule has 1 amide bonds. The summed E-state index contributed by atoms with van der Waals surface area (Å²) >= 11 is 0. The fourth-order valence-electron chi connectivity index (χ4n) is 3.76. The van der Waals surface area contributed by atoms with Crippen molar-refractivity contribution < 1.29 is 9.53 Å². The maximum Gasteiger partial charge on any atom is 0.333 e. The molecule has 1 N–H and O–H groups in total. The van der Waals surface area contributed by atoms with Gasteiger partial charge in [-0.2, -0.15) is 0 Å². The number of methoxy groups -OCH3 is 1. The number of ether oxygens (including phenoxy) is 1. The van der Waals surface area contributed by atoms with Crippen LogP contribution in [0.5, 0.6) is 5.75 Å². The molecule has 2 aromatic heterocycles. The summed E-state index contributed by atoms with van der Waals surface area (Å²) in [5.74, 6) is 0.352. The van der Waals surface area contributed by atoms with Crippen molar-refractivity contribution in [1.82, 2.24) is 18.7 Å². The van der Waals surface area contributed by atoms with Crippen LogP contribution in [0.4, 0.5) is 5.69 Å². The highest BCUT2D eigenvalue weighted by Crippen LogP contribution is 2.17. The van der Waals surface area contributed by atoms with E-state index in [0.717, 1.165) is 15.9 Å². The quantitative estimate of drug-likeness (QED) is 0.469. The van der Waals surface area contributed by atoms with Gasteiger partial charge in [0, 0.05) is 18.8 Å². The van der Waals surface area contributed by atoms with Gasteiger partial charge < -0.3 is 14.6 Å².